The summed E-state index contributed by atoms with van der Waals surface area (Å²) < 4.78 is 1.13. The molecule has 2 rings (SSSR count). The number of nitrogens with one attached hydrogen (secondary N) is 2. The largest absolute Gasteiger partial charge is 0.357 e. The zero-order chi connectivity index (χ0) is 12.4. The third kappa shape index (κ3) is 2.72. The van der Waals surface area contributed by atoms with Gasteiger partial charge in [0, 0.05) is 22.1 Å². The number of fused-ring (bicyclic) bond motifs is 1. The molecular weight excluding hydrogens is 276 g/mol. The normalized spacial score (nSPS) is 11.6. The molecule has 2 nitrogen and oxygen atoms in total. The lowest BCUT2D eigenvalue weighted by molar-refractivity contribution is 0.552. The van der Waals surface area contributed by atoms with Gasteiger partial charge in [0.1, 0.15) is 0 Å². The Labute approximate surface area is 111 Å². The van der Waals surface area contributed by atoms with Crippen molar-refractivity contribution < 1.29 is 0 Å². The van der Waals surface area contributed by atoms with E-state index in [4.69, 9.17) is 0 Å². The van der Waals surface area contributed by atoms with Crippen molar-refractivity contribution in [2.45, 2.75) is 27.3 Å². The average molecular weight is 295 g/mol. The molecule has 0 aliphatic heterocycles. The first-order chi connectivity index (χ1) is 8.09. The van der Waals surface area contributed by atoms with E-state index in [0.29, 0.717) is 5.92 Å². The Hall–Kier alpha value is -0.800. The number of halogens is 1. The van der Waals surface area contributed by atoms with Crippen molar-refractivity contribution in [2.24, 2.45) is 5.92 Å². The van der Waals surface area contributed by atoms with Gasteiger partial charge in [0.2, 0.25) is 0 Å². The maximum absolute atomic E-state index is 3.58. The number of aromatic amines is 1. The lowest BCUT2D eigenvalue weighted by atomic mass is 10.1. The summed E-state index contributed by atoms with van der Waals surface area (Å²) in [4.78, 5) is 3.45. The molecule has 0 bridgehead atoms. The fourth-order valence-corrected chi connectivity index (χ4v) is 2.55. The summed E-state index contributed by atoms with van der Waals surface area (Å²) in [6, 6.07) is 6.34. The molecule has 2 aromatic rings. The number of hydrogen-bond acceptors (Lipinski definition) is 1. The van der Waals surface area contributed by atoms with Gasteiger partial charge >= 0.3 is 0 Å². The van der Waals surface area contributed by atoms with E-state index in [1.165, 1.54) is 22.2 Å². The molecule has 0 spiro atoms. The Morgan fingerprint density at radius 3 is 2.82 bits per heavy atom. The maximum atomic E-state index is 3.58. The fraction of sp³-hybridized carbons (Fsp3) is 0.429. The van der Waals surface area contributed by atoms with Crippen molar-refractivity contribution >= 4 is 26.8 Å². The van der Waals surface area contributed by atoms with E-state index in [1.807, 2.05) is 0 Å². The average Bonchev–Trinajstić information content (AvgIpc) is 2.57. The Bertz CT molecular complexity index is 514. The van der Waals surface area contributed by atoms with Gasteiger partial charge < -0.3 is 10.3 Å². The standard InChI is InChI=1S/C14H19BrN2/c1-9(2)7-16-8-12-10(3)17-14-11(12)5-4-6-13(14)15/h4-6,9,16-17H,7-8H2,1-3H3. The van der Waals surface area contributed by atoms with Crippen LogP contribution in [0, 0.1) is 12.8 Å². The highest BCUT2D eigenvalue weighted by Gasteiger charge is 2.09. The molecule has 1 aromatic carbocycles. The predicted molar refractivity (Wildman–Crippen MR) is 77.3 cm³/mol. The van der Waals surface area contributed by atoms with Crippen LogP contribution in [0.1, 0.15) is 25.1 Å². The molecule has 17 heavy (non-hydrogen) atoms. The Balaban J connectivity index is 2.27. The molecule has 0 unspecified atom stereocenters. The topological polar surface area (TPSA) is 27.8 Å². The van der Waals surface area contributed by atoms with Crippen LogP contribution >= 0.6 is 15.9 Å². The highest BCUT2D eigenvalue weighted by Crippen LogP contribution is 2.27. The second-order valence-electron chi connectivity index (χ2n) is 4.92. The van der Waals surface area contributed by atoms with Crippen LogP contribution in [0.4, 0.5) is 0 Å². The van der Waals surface area contributed by atoms with Gasteiger partial charge in [-0.25, -0.2) is 0 Å². The van der Waals surface area contributed by atoms with Crippen LogP contribution in [0.15, 0.2) is 22.7 Å². The summed E-state index contributed by atoms with van der Waals surface area (Å²) in [7, 11) is 0. The SMILES string of the molecule is Cc1[nH]c2c(Br)cccc2c1CNCC(C)C. The van der Waals surface area contributed by atoms with Crippen molar-refractivity contribution in [3.63, 3.8) is 0 Å². The van der Waals surface area contributed by atoms with E-state index < -0.39 is 0 Å². The summed E-state index contributed by atoms with van der Waals surface area (Å²) >= 11 is 3.58. The number of aromatic nitrogens is 1. The number of H-pyrrole nitrogens is 1. The van der Waals surface area contributed by atoms with Gasteiger partial charge in [-0.2, -0.15) is 0 Å². The number of hydrogen-bond donors (Lipinski definition) is 2. The molecule has 0 aliphatic carbocycles. The van der Waals surface area contributed by atoms with Crippen LogP contribution < -0.4 is 5.32 Å². The third-order valence-electron chi connectivity index (χ3n) is 2.96. The first-order valence-electron chi connectivity index (χ1n) is 6.06. The highest BCUT2D eigenvalue weighted by atomic mass is 79.9. The van der Waals surface area contributed by atoms with E-state index in [9.17, 15) is 0 Å². The van der Waals surface area contributed by atoms with E-state index in [0.717, 1.165) is 17.6 Å². The predicted octanol–water partition coefficient (Wildman–Crippen LogP) is 3.98. The van der Waals surface area contributed by atoms with Crippen LogP contribution in [-0.4, -0.2) is 11.5 Å². The van der Waals surface area contributed by atoms with Crippen molar-refractivity contribution in [1.29, 1.82) is 0 Å². The molecule has 92 valence electrons. The smallest absolute Gasteiger partial charge is 0.0603 e. The molecule has 0 radical (unpaired) electrons. The molecule has 1 heterocycles. The highest BCUT2D eigenvalue weighted by molar-refractivity contribution is 9.10. The molecule has 0 atom stereocenters. The minimum atomic E-state index is 0.687. The maximum Gasteiger partial charge on any atom is 0.0603 e. The molecule has 0 amide bonds. The summed E-state index contributed by atoms with van der Waals surface area (Å²) in [5.41, 5.74) is 3.83. The Morgan fingerprint density at radius 1 is 1.35 bits per heavy atom. The monoisotopic (exact) mass is 294 g/mol. The van der Waals surface area contributed by atoms with Crippen molar-refractivity contribution in [3.8, 4) is 0 Å². The molecule has 3 heteroatoms. The van der Waals surface area contributed by atoms with Crippen LogP contribution in [0.25, 0.3) is 10.9 Å². The second-order valence-corrected chi connectivity index (χ2v) is 5.77. The zero-order valence-electron chi connectivity index (χ0n) is 10.6. The van der Waals surface area contributed by atoms with E-state index >= 15 is 0 Å². The fourth-order valence-electron chi connectivity index (χ4n) is 2.08. The minimum Gasteiger partial charge on any atom is -0.357 e. The molecule has 0 fully saturated rings. The van der Waals surface area contributed by atoms with Crippen molar-refractivity contribution in [1.82, 2.24) is 10.3 Å². The number of aryl methyl sites for hydroxylation is 1. The molecule has 2 N–H and O–H groups in total. The van der Waals surface area contributed by atoms with Crippen LogP contribution in [0.2, 0.25) is 0 Å². The Kier molecular flexibility index (Phi) is 3.89. The van der Waals surface area contributed by atoms with E-state index in [2.05, 4.69) is 65.2 Å². The quantitative estimate of drug-likeness (QED) is 0.877. The van der Waals surface area contributed by atoms with Crippen LogP contribution in [0.5, 0.6) is 0 Å². The number of rotatable bonds is 4. The van der Waals surface area contributed by atoms with Gasteiger partial charge in [-0.3, -0.25) is 0 Å². The first-order valence-corrected chi connectivity index (χ1v) is 6.85. The van der Waals surface area contributed by atoms with Gasteiger partial charge in [-0.1, -0.05) is 26.0 Å². The van der Waals surface area contributed by atoms with Crippen LogP contribution in [0.3, 0.4) is 0 Å². The summed E-state index contributed by atoms with van der Waals surface area (Å²) in [5.74, 6) is 0.687. The van der Waals surface area contributed by atoms with Crippen LogP contribution in [-0.2, 0) is 6.54 Å². The molecular formula is C14H19BrN2. The van der Waals surface area contributed by atoms with E-state index in [-0.39, 0.29) is 0 Å². The molecule has 0 saturated heterocycles. The van der Waals surface area contributed by atoms with Gasteiger partial charge in [0.15, 0.2) is 0 Å². The molecule has 0 aliphatic rings. The summed E-state index contributed by atoms with van der Waals surface area (Å²) in [5, 5.41) is 4.82. The Morgan fingerprint density at radius 2 is 2.12 bits per heavy atom. The van der Waals surface area contributed by atoms with Crippen molar-refractivity contribution in [3.05, 3.63) is 33.9 Å². The van der Waals surface area contributed by atoms with E-state index in [1.54, 1.807) is 0 Å². The van der Waals surface area contributed by atoms with Gasteiger partial charge in [0.25, 0.3) is 0 Å². The van der Waals surface area contributed by atoms with Gasteiger partial charge in [-0.05, 0) is 46.9 Å². The zero-order valence-corrected chi connectivity index (χ0v) is 12.2. The third-order valence-corrected chi connectivity index (χ3v) is 3.62. The lowest BCUT2D eigenvalue weighted by Crippen LogP contribution is -2.19. The summed E-state index contributed by atoms with van der Waals surface area (Å²) in [6.07, 6.45) is 0. The summed E-state index contributed by atoms with van der Waals surface area (Å²) in [6.45, 7) is 8.58. The number of benzene rings is 1. The second kappa shape index (κ2) is 5.23. The molecule has 1 aromatic heterocycles. The lowest BCUT2D eigenvalue weighted by Gasteiger charge is -2.07. The van der Waals surface area contributed by atoms with Gasteiger partial charge in [-0.15, -0.1) is 0 Å². The van der Waals surface area contributed by atoms with Gasteiger partial charge in [0.05, 0.1) is 5.52 Å². The number of para-hydroxylation sites is 1. The molecule has 0 saturated carbocycles. The first kappa shape index (κ1) is 12.7. The van der Waals surface area contributed by atoms with Crippen molar-refractivity contribution in [2.75, 3.05) is 6.54 Å². The minimum absolute atomic E-state index is 0.687.